The van der Waals surface area contributed by atoms with E-state index in [-0.39, 0.29) is 18.4 Å². The van der Waals surface area contributed by atoms with Crippen molar-refractivity contribution in [2.45, 2.75) is 26.7 Å². The van der Waals surface area contributed by atoms with Crippen LogP contribution in [0.15, 0.2) is 28.7 Å². The summed E-state index contributed by atoms with van der Waals surface area (Å²) < 4.78 is 5.77. The maximum absolute atomic E-state index is 12.3. The first-order valence-corrected chi connectivity index (χ1v) is 8.48. The lowest BCUT2D eigenvalue weighted by Gasteiger charge is -2.30. The van der Waals surface area contributed by atoms with Crippen LogP contribution in [0, 0.1) is 11.3 Å². The Morgan fingerprint density at radius 2 is 2.00 bits per heavy atom. The standard InChI is InChI=1S/C18H23N3O4/c1-18(2,16(23)24)11-19-15(22)12-7-9-21(10-8-12)17-20-13-5-3-4-6-14(13)25-17/h3-6,12H,7-11H2,1-2H3,(H,19,22)(H,23,24). The van der Waals surface area contributed by atoms with Gasteiger partial charge in [0.15, 0.2) is 5.58 Å². The lowest BCUT2D eigenvalue weighted by Crippen LogP contribution is -2.44. The molecule has 0 atom stereocenters. The molecule has 1 aliphatic heterocycles. The van der Waals surface area contributed by atoms with Crippen molar-refractivity contribution in [3.63, 3.8) is 0 Å². The average Bonchev–Trinajstić information content (AvgIpc) is 3.04. The number of nitrogens with zero attached hydrogens (tertiary/aromatic N) is 2. The fourth-order valence-electron chi connectivity index (χ4n) is 2.86. The number of piperidine rings is 1. The summed E-state index contributed by atoms with van der Waals surface area (Å²) in [7, 11) is 0. The Morgan fingerprint density at radius 3 is 2.64 bits per heavy atom. The minimum absolute atomic E-state index is 0.0773. The van der Waals surface area contributed by atoms with Crippen molar-refractivity contribution in [1.82, 2.24) is 10.3 Å². The van der Waals surface area contributed by atoms with Gasteiger partial charge in [0.25, 0.3) is 6.01 Å². The molecule has 25 heavy (non-hydrogen) atoms. The molecule has 1 amide bonds. The van der Waals surface area contributed by atoms with E-state index >= 15 is 0 Å². The normalized spacial score (nSPS) is 16.2. The number of anilines is 1. The molecule has 3 rings (SSSR count). The van der Waals surface area contributed by atoms with Crippen LogP contribution in [-0.2, 0) is 9.59 Å². The highest BCUT2D eigenvalue weighted by molar-refractivity contribution is 5.80. The van der Waals surface area contributed by atoms with Crippen molar-refractivity contribution in [1.29, 1.82) is 0 Å². The summed E-state index contributed by atoms with van der Waals surface area (Å²) in [4.78, 5) is 29.9. The number of hydrogen-bond donors (Lipinski definition) is 2. The quantitative estimate of drug-likeness (QED) is 0.863. The number of benzene rings is 1. The van der Waals surface area contributed by atoms with Crippen LogP contribution in [0.25, 0.3) is 11.1 Å². The number of oxazole rings is 1. The third kappa shape index (κ3) is 3.75. The van der Waals surface area contributed by atoms with Gasteiger partial charge in [0.2, 0.25) is 5.91 Å². The zero-order valence-corrected chi connectivity index (χ0v) is 14.5. The maximum Gasteiger partial charge on any atom is 0.310 e. The fraction of sp³-hybridized carbons (Fsp3) is 0.500. The van der Waals surface area contributed by atoms with Crippen LogP contribution in [0.3, 0.4) is 0 Å². The minimum atomic E-state index is -0.964. The Labute approximate surface area is 146 Å². The number of nitrogens with one attached hydrogen (secondary N) is 1. The number of carbonyl (C=O) groups excluding carboxylic acids is 1. The van der Waals surface area contributed by atoms with Crippen molar-refractivity contribution < 1.29 is 19.1 Å². The van der Waals surface area contributed by atoms with Crippen LogP contribution in [0.2, 0.25) is 0 Å². The maximum atomic E-state index is 12.3. The molecule has 1 fully saturated rings. The molecule has 2 heterocycles. The molecule has 2 N–H and O–H groups in total. The van der Waals surface area contributed by atoms with Crippen molar-refractivity contribution >= 4 is 29.0 Å². The first kappa shape index (κ1) is 17.3. The Hall–Kier alpha value is -2.57. The van der Waals surface area contributed by atoms with Gasteiger partial charge in [-0.3, -0.25) is 9.59 Å². The van der Waals surface area contributed by atoms with Gasteiger partial charge in [-0.25, -0.2) is 0 Å². The molecule has 0 spiro atoms. The highest BCUT2D eigenvalue weighted by Gasteiger charge is 2.31. The van der Waals surface area contributed by atoms with Gasteiger partial charge in [0, 0.05) is 25.6 Å². The van der Waals surface area contributed by atoms with E-state index in [1.54, 1.807) is 13.8 Å². The number of carboxylic acids is 1. The second kappa shape index (κ2) is 6.74. The van der Waals surface area contributed by atoms with Crippen LogP contribution in [0.4, 0.5) is 6.01 Å². The Kier molecular flexibility index (Phi) is 4.65. The van der Waals surface area contributed by atoms with Crippen molar-refractivity contribution in [3.05, 3.63) is 24.3 Å². The van der Waals surface area contributed by atoms with Crippen LogP contribution >= 0.6 is 0 Å². The van der Waals surface area contributed by atoms with E-state index < -0.39 is 11.4 Å². The van der Waals surface area contributed by atoms with Gasteiger partial charge in [-0.2, -0.15) is 4.98 Å². The molecule has 1 aromatic carbocycles. The largest absolute Gasteiger partial charge is 0.481 e. The van der Waals surface area contributed by atoms with Gasteiger partial charge in [-0.05, 0) is 38.8 Å². The second-order valence-corrected chi connectivity index (χ2v) is 7.13. The van der Waals surface area contributed by atoms with Crippen molar-refractivity contribution in [2.75, 3.05) is 24.5 Å². The number of hydrogen-bond acceptors (Lipinski definition) is 5. The number of amides is 1. The zero-order valence-electron chi connectivity index (χ0n) is 14.5. The van der Waals surface area contributed by atoms with Gasteiger partial charge in [0.05, 0.1) is 5.41 Å². The summed E-state index contributed by atoms with van der Waals surface area (Å²) in [6, 6.07) is 8.21. The molecule has 7 heteroatoms. The SMILES string of the molecule is CC(C)(CNC(=O)C1CCN(c2nc3ccccc3o2)CC1)C(=O)O. The first-order chi connectivity index (χ1) is 11.9. The van der Waals surface area contributed by atoms with Gasteiger partial charge in [-0.1, -0.05) is 12.1 Å². The summed E-state index contributed by atoms with van der Waals surface area (Å²) in [6.07, 6.45) is 1.39. The number of para-hydroxylation sites is 2. The summed E-state index contributed by atoms with van der Waals surface area (Å²) >= 11 is 0. The van der Waals surface area contributed by atoms with E-state index in [0.717, 1.165) is 11.1 Å². The van der Waals surface area contributed by atoms with Gasteiger partial charge in [-0.15, -0.1) is 0 Å². The molecule has 1 aliphatic rings. The molecule has 134 valence electrons. The summed E-state index contributed by atoms with van der Waals surface area (Å²) in [5.74, 6) is -1.10. The highest BCUT2D eigenvalue weighted by Crippen LogP contribution is 2.26. The molecule has 7 nitrogen and oxygen atoms in total. The smallest absolute Gasteiger partial charge is 0.310 e. The molecular weight excluding hydrogens is 322 g/mol. The van der Waals surface area contributed by atoms with Crippen LogP contribution in [0.1, 0.15) is 26.7 Å². The fourth-order valence-corrected chi connectivity index (χ4v) is 2.86. The Morgan fingerprint density at radius 1 is 1.32 bits per heavy atom. The molecule has 0 saturated carbocycles. The van der Waals surface area contributed by atoms with Gasteiger partial charge < -0.3 is 19.7 Å². The monoisotopic (exact) mass is 345 g/mol. The van der Waals surface area contributed by atoms with Crippen LogP contribution in [0.5, 0.6) is 0 Å². The molecule has 1 saturated heterocycles. The van der Waals surface area contributed by atoms with Crippen LogP contribution < -0.4 is 10.2 Å². The van der Waals surface area contributed by atoms with E-state index in [2.05, 4.69) is 10.3 Å². The number of rotatable bonds is 5. The molecule has 0 bridgehead atoms. The summed E-state index contributed by atoms with van der Waals surface area (Å²) in [5, 5.41) is 11.9. The van der Waals surface area contributed by atoms with Gasteiger partial charge in [0.1, 0.15) is 5.52 Å². The van der Waals surface area contributed by atoms with Crippen molar-refractivity contribution in [3.8, 4) is 0 Å². The lowest BCUT2D eigenvalue weighted by atomic mass is 9.92. The number of aliphatic carboxylic acids is 1. The molecule has 1 aromatic heterocycles. The Balaban J connectivity index is 1.54. The molecule has 2 aromatic rings. The Bertz CT molecular complexity index is 742. The lowest BCUT2D eigenvalue weighted by molar-refractivity contribution is -0.146. The summed E-state index contributed by atoms with van der Waals surface area (Å²) in [5.41, 5.74) is 0.621. The predicted molar refractivity (Wildman–Crippen MR) is 93.4 cm³/mol. The van der Waals surface area contributed by atoms with E-state index in [4.69, 9.17) is 9.52 Å². The summed E-state index contributed by atoms with van der Waals surface area (Å²) in [6.45, 7) is 4.71. The number of carboxylic acid groups (broad SMARTS) is 1. The second-order valence-electron chi connectivity index (χ2n) is 7.13. The predicted octanol–water partition coefficient (Wildman–Crippen LogP) is 2.27. The van der Waals surface area contributed by atoms with E-state index in [0.29, 0.717) is 31.9 Å². The number of aromatic nitrogens is 1. The minimum Gasteiger partial charge on any atom is -0.481 e. The van der Waals surface area contributed by atoms with E-state index in [1.807, 2.05) is 29.2 Å². The van der Waals surface area contributed by atoms with E-state index in [1.165, 1.54) is 0 Å². The molecule has 0 aliphatic carbocycles. The molecule has 0 radical (unpaired) electrons. The third-order valence-corrected chi connectivity index (χ3v) is 4.70. The van der Waals surface area contributed by atoms with Crippen molar-refractivity contribution in [2.24, 2.45) is 11.3 Å². The number of fused-ring (bicyclic) bond motifs is 1. The first-order valence-electron chi connectivity index (χ1n) is 8.48. The topological polar surface area (TPSA) is 95.7 Å². The average molecular weight is 345 g/mol. The van der Waals surface area contributed by atoms with Gasteiger partial charge >= 0.3 is 5.97 Å². The highest BCUT2D eigenvalue weighted by atomic mass is 16.4. The molecule has 0 unspecified atom stereocenters. The number of carbonyl (C=O) groups is 2. The third-order valence-electron chi connectivity index (χ3n) is 4.70. The zero-order chi connectivity index (χ0) is 18.0. The van der Waals surface area contributed by atoms with E-state index in [9.17, 15) is 9.59 Å². The molecular formula is C18H23N3O4. The van der Waals surface area contributed by atoms with Crippen LogP contribution in [-0.4, -0.2) is 41.6 Å².